The van der Waals surface area contributed by atoms with Crippen molar-refractivity contribution in [2.24, 2.45) is 0 Å². The number of aromatic nitrogens is 2. The Bertz CT molecular complexity index is 910. The Balaban J connectivity index is 1.39. The van der Waals surface area contributed by atoms with Gasteiger partial charge in [0.2, 0.25) is 0 Å². The van der Waals surface area contributed by atoms with Crippen LogP contribution in [0.2, 0.25) is 0 Å². The summed E-state index contributed by atoms with van der Waals surface area (Å²) in [6.45, 7) is 3.63. The molecule has 2 aliphatic rings. The molecule has 154 valence electrons. The van der Waals surface area contributed by atoms with Gasteiger partial charge in [-0.05, 0) is 63.6 Å². The zero-order chi connectivity index (χ0) is 20.4. The molecule has 0 unspecified atom stereocenters. The predicted molar refractivity (Wildman–Crippen MR) is 109 cm³/mol. The largest absolute Gasteiger partial charge is 0.494 e. The molecular formula is C22H27FN4O2. The highest BCUT2D eigenvalue weighted by Gasteiger charge is 2.26. The Labute approximate surface area is 170 Å². The minimum absolute atomic E-state index is 0.0719. The van der Waals surface area contributed by atoms with Gasteiger partial charge in [0.25, 0.3) is 5.91 Å². The number of aryl methyl sites for hydroxylation is 2. The van der Waals surface area contributed by atoms with Crippen molar-refractivity contribution in [2.45, 2.75) is 51.5 Å². The molecule has 1 aliphatic carbocycles. The van der Waals surface area contributed by atoms with Gasteiger partial charge in [0.05, 0.1) is 7.11 Å². The fourth-order valence-electron chi connectivity index (χ4n) is 4.27. The van der Waals surface area contributed by atoms with Crippen molar-refractivity contribution in [3.8, 4) is 5.75 Å². The number of rotatable bonds is 4. The van der Waals surface area contributed by atoms with E-state index >= 15 is 0 Å². The Morgan fingerprint density at radius 3 is 2.69 bits per heavy atom. The number of benzene rings is 1. The van der Waals surface area contributed by atoms with Crippen LogP contribution in [0.3, 0.4) is 0 Å². The van der Waals surface area contributed by atoms with Crippen molar-refractivity contribution in [3.63, 3.8) is 0 Å². The number of ether oxygens (including phenoxy) is 1. The fourth-order valence-corrected chi connectivity index (χ4v) is 4.27. The molecule has 6 nitrogen and oxygen atoms in total. The van der Waals surface area contributed by atoms with Crippen LogP contribution in [0.15, 0.2) is 18.2 Å². The first kappa shape index (κ1) is 19.6. The summed E-state index contributed by atoms with van der Waals surface area (Å²) in [5.41, 5.74) is 2.82. The average molecular weight is 398 g/mol. The number of carbonyl (C=O) groups is 1. The van der Waals surface area contributed by atoms with Crippen LogP contribution in [-0.2, 0) is 12.8 Å². The van der Waals surface area contributed by atoms with Gasteiger partial charge in [-0.25, -0.2) is 14.4 Å². The molecule has 7 heteroatoms. The lowest BCUT2D eigenvalue weighted by Crippen LogP contribution is -2.45. The van der Waals surface area contributed by atoms with Gasteiger partial charge < -0.3 is 15.0 Å². The maximum atomic E-state index is 13.9. The number of carbonyl (C=O) groups excluding carboxylic acids is 1. The van der Waals surface area contributed by atoms with Gasteiger partial charge in [0.1, 0.15) is 11.6 Å². The molecule has 2 aromatic rings. The van der Waals surface area contributed by atoms with Crippen molar-refractivity contribution in [3.05, 3.63) is 46.7 Å². The van der Waals surface area contributed by atoms with E-state index in [0.717, 1.165) is 50.4 Å². The Hall–Kier alpha value is -2.70. The molecule has 29 heavy (non-hydrogen) atoms. The summed E-state index contributed by atoms with van der Waals surface area (Å²) < 4.78 is 18.8. The number of nitrogens with one attached hydrogen (secondary N) is 1. The molecule has 1 aromatic heterocycles. The van der Waals surface area contributed by atoms with Crippen LogP contribution in [-0.4, -0.2) is 42.1 Å². The third-order valence-electron chi connectivity index (χ3n) is 5.82. The highest BCUT2D eigenvalue weighted by atomic mass is 19.1. The first-order chi connectivity index (χ1) is 14.0. The van der Waals surface area contributed by atoms with Crippen molar-refractivity contribution in [1.82, 2.24) is 15.3 Å². The summed E-state index contributed by atoms with van der Waals surface area (Å²) in [7, 11) is 1.40. The lowest BCUT2D eigenvalue weighted by atomic mass is 9.95. The fraction of sp³-hybridized carbons (Fsp3) is 0.500. The molecule has 1 aliphatic heterocycles. The molecule has 1 N–H and O–H groups in total. The van der Waals surface area contributed by atoms with Crippen LogP contribution in [0.5, 0.6) is 5.75 Å². The van der Waals surface area contributed by atoms with E-state index in [2.05, 4.69) is 15.2 Å². The van der Waals surface area contributed by atoms with E-state index in [1.54, 1.807) is 6.07 Å². The lowest BCUT2D eigenvalue weighted by molar-refractivity contribution is 0.0930. The summed E-state index contributed by atoms with van der Waals surface area (Å²) in [6.07, 6.45) is 6.14. The zero-order valence-electron chi connectivity index (χ0n) is 17.0. The summed E-state index contributed by atoms with van der Waals surface area (Å²) >= 11 is 0. The first-order valence-electron chi connectivity index (χ1n) is 10.3. The maximum Gasteiger partial charge on any atom is 0.251 e. The second-order valence-corrected chi connectivity index (χ2v) is 7.81. The highest BCUT2D eigenvalue weighted by molar-refractivity contribution is 5.94. The number of hydrogen-bond donors (Lipinski definition) is 1. The maximum absolute atomic E-state index is 13.9. The van der Waals surface area contributed by atoms with Crippen LogP contribution in [0.4, 0.5) is 10.2 Å². The van der Waals surface area contributed by atoms with E-state index in [-0.39, 0.29) is 17.7 Å². The van der Waals surface area contributed by atoms with Crippen molar-refractivity contribution < 1.29 is 13.9 Å². The topological polar surface area (TPSA) is 67.3 Å². The minimum Gasteiger partial charge on any atom is -0.494 e. The standard InChI is InChI=1S/C22H27FN4O2/c1-14-24-19-6-4-3-5-17(19)21(25-14)27-11-9-16(10-12-27)26-22(28)15-7-8-20(29-2)18(23)13-15/h7-8,13,16H,3-6,9-12H2,1-2H3,(H,26,28). The molecule has 0 radical (unpaired) electrons. The van der Waals surface area contributed by atoms with Gasteiger partial charge in [0, 0.05) is 36.0 Å². The van der Waals surface area contributed by atoms with Crippen LogP contribution >= 0.6 is 0 Å². The summed E-state index contributed by atoms with van der Waals surface area (Å²) in [5.74, 6) is 1.27. The number of piperidine rings is 1. The number of halogens is 1. The molecule has 4 rings (SSSR count). The van der Waals surface area contributed by atoms with E-state index < -0.39 is 5.82 Å². The smallest absolute Gasteiger partial charge is 0.251 e. The zero-order valence-corrected chi connectivity index (χ0v) is 17.0. The summed E-state index contributed by atoms with van der Waals surface area (Å²) in [5, 5.41) is 3.04. The molecular weight excluding hydrogens is 371 g/mol. The highest BCUT2D eigenvalue weighted by Crippen LogP contribution is 2.29. The van der Waals surface area contributed by atoms with Crippen molar-refractivity contribution in [1.29, 1.82) is 0 Å². The SMILES string of the molecule is COc1ccc(C(=O)NC2CCN(c3nc(C)nc4c3CCCC4)CC2)cc1F. The average Bonchev–Trinajstić information content (AvgIpc) is 2.73. The molecule has 1 amide bonds. The third-order valence-corrected chi connectivity index (χ3v) is 5.82. The predicted octanol–water partition coefficient (Wildman–Crippen LogP) is 3.21. The van der Waals surface area contributed by atoms with Gasteiger partial charge in [0.15, 0.2) is 11.6 Å². The van der Waals surface area contributed by atoms with Crippen LogP contribution in [0, 0.1) is 12.7 Å². The Morgan fingerprint density at radius 2 is 1.97 bits per heavy atom. The molecule has 0 saturated carbocycles. The molecule has 0 bridgehead atoms. The lowest BCUT2D eigenvalue weighted by Gasteiger charge is -2.35. The third kappa shape index (κ3) is 4.18. The monoisotopic (exact) mass is 398 g/mol. The first-order valence-corrected chi connectivity index (χ1v) is 10.3. The van der Waals surface area contributed by atoms with Crippen molar-refractivity contribution >= 4 is 11.7 Å². The quantitative estimate of drug-likeness (QED) is 0.857. The number of hydrogen-bond acceptors (Lipinski definition) is 5. The van der Waals surface area contributed by atoms with Crippen LogP contribution < -0.4 is 15.0 Å². The minimum atomic E-state index is -0.529. The summed E-state index contributed by atoms with van der Waals surface area (Å²) in [4.78, 5) is 24.2. The van der Waals surface area contributed by atoms with E-state index in [4.69, 9.17) is 9.72 Å². The van der Waals surface area contributed by atoms with Crippen LogP contribution in [0.1, 0.15) is 53.1 Å². The van der Waals surface area contributed by atoms with Crippen molar-refractivity contribution in [2.75, 3.05) is 25.1 Å². The van der Waals surface area contributed by atoms with Gasteiger partial charge in [-0.15, -0.1) is 0 Å². The van der Waals surface area contributed by atoms with E-state index in [0.29, 0.717) is 5.56 Å². The molecule has 2 heterocycles. The molecule has 1 saturated heterocycles. The molecule has 0 spiro atoms. The van der Waals surface area contributed by atoms with Gasteiger partial charge in [-0.2, -0.15) is 0 Å². The molecule has 1 aromatic carbocycles. The van der Waals surface area contributed by atoms with E-state index in [9.17, 15) is 9.18 Å². The number of anilines is 1. The van der Waals surface area contributed by atoms with E-state index in [1.807, 2.05) is 6.92 Å². The van der Waals surface area contributed by atoms with Gasteiger partial charge in [-0.1, -0.05) is 0 Å². The Kier molecular flexibility index (Phi) is 5.65. The Morgan fingerprint density at radius 1 is 1.21 bits per heavy atom. The van der Waals surface area contributed by atoms with Crippen LogP contribution in [0.25, 0.3) is 0 Å². The number of methoxy groups -OCH3 is 1. The van der Waals surface area contributed by atoms with E-state index in [1.165, 1.54) is 43.3 Å². The number of nitrogens with zero attached hydrogens (tertiary/aromatic N) is 3. The van der Waals surface area contributed by atoms with Gasteiger partial charge in [-0.3, -0.25) is 4.79 Å². The normalized spacial score (nSPS) is 17.0. The molecule has 1 fully saturated rings. The molecule has 0 atom stereocenters. The second-order valence-electron chi connectivity index (χ2n) is 7.81. The number of fused-ring (bicyclic) bond motifs is 1. The number of amides is 1. The second kappa shape index (κ2) is 8.35. The van der Waals surface area contributed by atoms with Gasteiger partial charge >= 0.3 is 0 Å². The summed E-state index contributed by atoms with van der Waals surface area (Å²) in [6, 6.07) is 4.36.